The third-order valence-electron chi connectivity index (χ3n) is 6.42. The summed E-state index contributed by atoms with van der Waals surface area (Å²) >= 11 is 3.00. The molecule has 0 radical (unpaired) electrons. The Bertz CT molecular complexity index is 1540. The van der Waals surface area contributed by atoms with Crippen molar-refractivity contribution in [1.29, 1.82) is 0 Å². The fourth-order valence-electron chi connectivity index (χ4n) is 4.01. The number of carbonyl (C=O) groups is 1. The van der Waals surface area contributed by atoms with Gasteiger partial charge in [-0.25, -0.2) is 9.78 Å². The first kappa shape index (κ1) is 27.6. The first-order valence-electron chi connectivity index (χ1n) is 13.2. The molecule has 4 aromatic rings. The first-order valence-corrected chi connectivity index (χ1v) is 18.6. The number of aromatic nitrogens is 4. The van der Waals surface area contributed by atoms with Crippen LogP contribution < -0.4 is 9.70 Å². The van der Waals surface area contributed by atoms with Gasteiger partial charge in [-0.15, -0.1) is 21.5 Å². The molecule has 1 fully saturated rings. The Morgan fingerprint density at radius 2 is 2.03 bits per heavy atom. The molecule has 39 heavy (non-hydrogen) atoms. The maximum Gasteiger partial charge on any atom is 0.357 e. The molecule has 9 nitrogen and oxygen atoms in total. The molecule has 1 aliphatic rings. The number of ether oxygens (including phenoxy) is 2. The van der Waals surface area contributed by atoms with Crippen LogP contribution in [0, 0.1) is 0 Å². The molecule has 0 saturated heterocycles. The van der Waals surface area contributed by atoms with Crippen LogP contribution in [0.5, 0.6) is 0 Å². The number of fused-ring (bicyclic) bond motifs is 1. The van der Waals surface area contributed by atoms with E-state index in [0.29, 0.717) is 41.7 Å². The van der Waals surface area contributed by atoms with Crippen molar-refractivity contribution in [2.75, 3.05) is 25.2 Å². The minimum Gasteiger partial charge on any atom is -0.461 e. The molecular weight excluding hydrogens is 549 g/mol. The van der Waals surface area contributed by atoms with E-state index < -0.39 is 14.0 Å². The Labute approximate surface area is 237 Å². The van der Waals surface area contributed by atoms with Crippen LogP contribution in [0.2, 0.25) is 25.7 Å². The van der Waals surface area contributed by atoms with Crippen molar-refractivity contribution in [3.05, 3.63) is 51.8 Å². The van der Waals surface area contributed by atoms with E-state index in [0.717, 1.165) is 46.1 Å². The number of benzene rings is 1. The Hall–Kier alpha value is -2.93. The van der Waals surface area contributed by atoms with Crippen LogP contribution in [0.1, 0.15) is 41.7 Å². The molecular formula is C27H34N6O3S2Si. The van der Waals surface area contributed by atoms with Gasteiger partial charge in [0.2, 0.25) is 0 Å². The van der Waals surface area contributed by atoms with Gasteiger partial charge in [-0.3, -0.25) is 4.57 Å². The predicted molar refractivity (Wildman–Crippen MR) is 159 cm³/mol. The van der Waals surface area contributed by atoms with Gasteiger partial charge >= 0.3 is 5.97 Å². The quantitative estimate of drug-likeness (QED) is 0.116. The molecule has 1 saturated carbocycles. The van der Waals surface area contributed by atoms with E-state index >= 15 is 0 Å². The highest BCUT2D eigenvalue weighted by atomic mass is 32.1. The van der Waals surface area contributed by atoms with Gasteiger partial charge in [-0.05, 0) is 49.9 Å². The summed E-state index contributed by atoms with van der Waals surface area (Å²) in [5.74, 6) is 1.30. The number of thiazole rings is 2. The zero-order valence-electron chi connectivity index (χ0n) is 23.0. The van der Waals surface area contributed by atoms with Crippen LogP contribution in [0.15, 0.2) is 40.7 Å². The lowest BCUT2D eigenvalue weighted by Gasteiger charge is -2.16. The SMILES string of the molecule is CCOC(=O)c1csc(N(C)c2cc(C3CC3)c(/N=c3\sc4ccccc4n3COCC[Si](C)(C)C)nn2)n1. The number of rotatable bonds is 11. The van der Waals surface area contributed by atoms with E-state index in [1.54, 1.807) is 23.6 Å². The molecule has 0 atom stereocenters. The van der Waals surface area contributed by atoms with Crippen LogP contribution >= 0.6 is 22.7 Å². The summed E-state index contributed by atoms with van der Waals surface area (Å²) in [5, 5.41) is 11.4. The van der Waals surface area contributed by atoms with E-state index in [9.17, 15) is 4.79 Å². The highest BCUT2D eigenvalue weighted by molar-refractivity contribution is 7.16. The maximum absolute atomic E-state index is 12.1. The molecule has 0 amide bonds. The number of nitrogens with zero attached hydrogens (tertiary/aromatic N) is 6. The van der Waals surface area contributed by atoms with Crippen molar-refractivity contribution in [3.8, 4) is 0 Å². The smallest absolute Gasteiger partial charge is 0.357 e. The minimum atomic E-state index is -1.17. The van der Waals surface area contributed by atoms with Crippen LogP contribution in [-0.4, -0.2) is 54.1 Å². The molecule has 206 valence electrons. The molecule has 3 heterocycles. The number of hydrogen-bond donors (Lipinski definition) is 0. The van der Waals surface area contributed by atoms with Crippen molar-refractivity contribution in [2.45, 2.75) is 58.1 Å². The summed E-state index contributed by atoms with van der Waals surface area (Å²) < 4.78 is 14.5. The van der Waals surface area contributed by atoms with Gasteiger partial charge in [0.15, 0.2) is 27.3 Å². The van der Waals surface area contributed by atoms with Crippen molar-refractivity contribution < 1.29 is 14.3 Å². The number of carbonyl (C=O) groups excluding carboxylic acids is 1. The highest BCUT2D eigenvalue weighted by Gasteiger charge is 2.29. The van der Waals surface area contributed by atoms with Gasteiger partial charge < -0.3 is 14.4 Å². The maximum atomic E-state index is 12.1. The van der Waals surface area contributed by atoms with Crippen LogP contribution in [0.25, 0.3) is 10.2 Å². The average Bonchev–Trinajstić information content (AvgIpc) is 3.52. The molecule has 1 aliphatic carbocycles. The molecule has 0 aliphatic heterocycles. The molecule has 3 aromatic heterocycles. The topological polar surface area (TPSA) is 94.7 Å². The molecule has 12 heteroatoms. The summed E-state index contributed by atoms with van der Waals surface area (Å²) in [6.07, 6.45) is 2.21. The van der Waals surface area contributed by atoms with Crippen molar-refractivity contribution in [3.63, 3.8) is 0 Å². The average molecular weight is 583 g/mol. The molecule has 0 spiro atoms. The largest absolute Gasteiger partial charge is 0.461 e. The Kier molecular flexibility index (Phi) is 8.26. The number of hydrogen-bond acceptors (Lipinski definition) is 10. The van der Waals surface area contributed by atoms with Gasteiger partial charge in [-0.1, -0.05) is 43.1 Å². The van der Waals surface area contributed by atoms with Crippen LogP contribution in [-0.2, 0) is 16.2 Å². The lowest BCUT2D eigenvalue weighted by atomic mass is 10.2. The summed E-state index contributed by atoms with van der Waals surface area (Å²) in [5.41, 5.74) is 2.48. The van der Waals surface area contributed by atoms with Crippen LogP contribution in [0.4, 0.5) is 16.8 Å². The summed E-state index contributed by atoms with van der Waals surface area (Å²) in [7, 11) is 0.706. The Morgan fingerprint density at radius 1 is 1.23 bits per heavy atom. The van der Waals surface area contributed by atoms with Crippen molar-refractivity contribution in [2.24, 2.45) is 4.99 Å². The van der Waals surface area contributed by atoms with E-state index in [2.05, 4.69) is 57.6 Å². The molecule has 1 aromatic carbocycles. The zero-order chi connectivity index (χ0) is 27.6. The second-order valence-electron chi connectivity index (χ2n) is 10.8. The molecule has 0 unspecified atom stereocenters. The standard InChI is InChI=1S/C27H34N6O3S2Si/c1-6-36-25(34)20-16-37-26(28-20)32(2)23-15-19(18-11-12-18)24(31-30-23)29-27-33(17-35-13-14-39(3,4)5)21-9-7-8-10-22(21)38-27/h7-10,15-16,18H,6,11-14,17H2,1-5H3/b29-27-. The number of para-hydroxylation sites is 1. The van der Waals surface area contributed by atoms with Gasteiger partial charge in [0.25, 0.3) is 0 Å². The normalized spacial score (nSPS) is 14.2. The molecule has 5 rings (SSSR count). The monoisotopic (exact) mass is 582 g/mol. The zero-order valence-corrected chi connectivity index (χ0v) is 25.6. The van der Waals surface area contributed by atoms with Gasteiger partial charge in [0, 0.05) is 32.7 Å². The van der Waals surface area contributed by atoms with E-state index in [1.165, 1.54) is 11.3 Å². The third-order valence-corrected chi connectivity index (χ3v) is 10.1. The van der Waals surface area contributed by atoms with E-state index in [1.807, 2.05) is 24.1 Å². The van der Waals surface area contributed by atoms with Gasteiger partial charge in [0.1, 0.15) is 6.73 Å². The first-order chi connectivity index (χ1) is 18.7. The Morgan fingerprint density at radius 3 is 2.77 bits per heavy atom. The minimum absolute atomic E-state index is 0.298. The van der Waals surface area contributed by atoms with E-state index in [4.69, 9.17) is 14.5 Å². The predicted octanol–water partition coefficient (Wildman–Crippen LogP) is 6.32. The number of anilines is 2. The Balaban J connectivity index is 1.45. The van der Waals surface area contributed by atoms with Gasteiger partial charge in [0.05, 0.1) is 16.8 Å². The van der Waals surface area contributed by atoms with Crippen molar-refractivity contribution >= 4 is 63.7 Å². The van der Waals surface area contributed by atoms with Crippen molar-refractivity contribution in [1.82, 2.24) is 19.7 Å². The third kappa shape index (κ3) is 6.63. The number of esters is 1. The summed E-state index contributed by atoms with van der Waals surface area (Å²) in [6.45, 7) is 10.4. The molecule has 0 bridgehead atoms. The van der Waals surface area contributed by atoms with Gasteiger partial charge in [-0.2, -0.15) is 4.99 Å². The van der Waals surface area contributed by atoms with E-state index in [-0.39, 0.29) is 0 Å². The second-order valence-corrected chi connectivity index (χ2v) is 18.3. The fourth-order valence-corrected chi connectivity index (χ4v) is 6.55. The second kappa shape index (κ2) is 11.7. The summed E-state index contributed by atoms with van der Waals surface area (Å²) in [4.78, 5) is 24.2. The fraction of sp³-hybridized carbons (Fsp3) is 0.444. The lowest BCUT2D eigenvalue weighted by Crippen LogP contribution is -2.23. The molecule has 0 N–H and O–H groups in total. The lowest BCUT2D eigenvalue weighted by molar-refractivity contribution is 0.0520. The highest BCUT2D eigenvalue weighted by Crippen LogP contribution is 2.44. The van der Waals surface area contributed by atoms with Crippen LogP contribution in [0.3, 0.4) is 0 Å². The summed E-state index contributed by atoms with van der Waals surface area (Å²) in [6, 6.07) is 11.5.